The van der Waals surface area contributed by atoms with Crippen molar-refractivity contribution in [1.29, 1.82) is 0 Å². The Kier molecular flexibility index (Phi) is 4.35. The van der Waals surface area contributed by atoms with E-state index in [1.54, 1.807) is 11.3 Å². The summed E-state index contributed by atoms with van der Waals surface area (Å²) in [6, 6.07) is 11.3. The molecule has 1 nitrogen and oxygen atoms in total. The summed E-state index contributed by atoms with van der Waals surface area (Å²) in [6.45, 7) is 5.40. The summed E-state index contributed by atoms with van der Waals surface area (Å²) in [7, 11) is 0. The Bertz CT molecular complexity index is 448. The highest BCUT2D eigenvalue weighted by molar-refractivity contribution is 7.08. The molecule has 1 unspecified atom stereocenters. The standard InChI is InChI=1S/C15H19NS/c1-3-8-16-15(14-7-9-17-11-14)13-6-4-5-12(2)10-13/h4-7,9-11,15-16H,3,8H2,1-2H3. The van der Waals surface area contributed by atoms with Crippen molar-refractivity contribution in [3.05, 3.63) is 57.8 Å². The molecule has 17 heavy (non-hydrogen) atoms. The van der Waals surface area contributed by atoms with Gasteiger partial charge in [0.15, 0.2) is 0 Å². The van der Waals surface area contributed by atoms with Crippen molar-refractivity contribution in [3.8, 4) is 0 Å². The molecule has 0 spiro atoms. The first kappa shape index (κ1) is 12.3. The van der Waals surface area contributed by atoms with E-state index in [0.717, 1.165) is 13.0 Å². The molecule has 0 saturated heterocycles. The van der Waals surface area contributed by atoms with Crippen LogP contribution < -0.4 is 5.32 Å². The molecule has 0 fully saturated rings. The highest BCUT2D eigenvalue weighted by atomic mass is 32.1. The lowest BCUT2D eigenvalue weighted by molar-refractivity contribution is 0.600. The van der Waals surface area contributed by atoms with Crippen LogP contribution in [0.15, 0.2) is 41.1 Å². The van der Waals surface area contributed by atoms with Gasteiger partial charge >= 0.3 is 0 Å². The summed E-state index contributed by atoms with van der Waals surface area (Å²) < 4.78 is 0. The quantitative estimate of drug-likeness (QED) is 0.834. The van der Waals surface area contributed by atoms with Crippen LogP contribution in [-0.2, 0) is 0 Å². The molecule has 90 valence electrons. The zero-order valence-electron chi connectivity index (χ0n) is 10.4. The van der Waals surface area contributed by atoms with Gasteiger partial charge in [0.2, 0.25) is 0 Å². The molecule has 1 atom stereocenters. The maximum absolute atomic E-state index is 3.62. The van der Waals surface area contributed by atoms with Crippen LogP contribution in [0.2, 0.25) is 0 Å². The van der Waals surface area contributed by atoms with Gasteiger partial charge in [-0.15, -0.1) is 0 Å². The smallest absolute Gasteiger partial charge is 0.0585 e. The monoisotopic (exact) mass is 245 g/mol. The van der Waals surface area contributed by atoms with E-state index < -0.39 is 0 Å². The van der Waals surface area contributed by atoms with Crippen LogP contribution in [0.5, 0.6) is 0 Å². The van der Waals surface area contributed by atoms with Crippen LogP contribution in [-0.4, -0.2) is 6.54 Å². The van der Waals surface area contributed by atoms with Gasteiger partial charge in [0.05, 0.1) is 6.04 Å². The largest absolute Gasteiger partial charge is 0.306 e. The normalized spacial score (nSPS) is 12.6. The number of benzene rings is 1. The first-order chi connectivity index (χ1) is 8.31. The molecule has 0 amide bonds. The Hall–Kier alpha value is -1.12. The molecule has 2 aromatic rings. The van der Waals surface area contributed by atoms with Gasteiger partial charge < -0.3 is 5.32 Å². The number of nitrogens with one attached hydrogen (secondary N) is 1. The molecule has 0 aliphatic heterocycles. The number of rotatable bonds is 5. The zero-order chi connectivity index (χ0) is 12.1. The van der Waals surface area contributed by atoms with Gasteiger partial charge in [-0.25, -0.2) is 0 Å². The van der Waals surface area contributed by atoms with Gasteiger partial charge in [-0.1, -0.05) is 36.8 Å². The summed E-state index contributed by atoms with van der Waals surface area (Å²) in [4.78, 5) is 0. The molecule has 0 saturated carbocycles. The van der Waals surface area contributed by atoms with Gasteiger partial charge in [0, 0.05) is 0 Å². The fraction of sp³-hybridized carbons (Fsp3) is 0.333. The average Bonchev–Trinajstić information content (AvgIpc) is 2.83. The highest BCUT2D eigenvalue weighted by Crippen LogP contribution is 2.24. The van der Waals surface area contributed by atoms with Crippen LogP contribution in [0.25, 0.3) is 0 Å². The van der Waals surface area contributed by atoms with Crippen LogP contribution >= 0.6 is 11.3 Å². The van der Waals surface area contributed by atoms with Crippen molar-refractivity contribution in [1.82, 2.24) is 5.32 Å². The predicted octanol–water partition coefficient (Wildman–Crippen LogP) is 4.15. The van der Waals surface area contributed by atoms with E-state index >= 15 is 0 Å². The van der Waals surface area contributed by atoms with E-state index in [2.05, 4.69) is 60.3 Å². The van der Waals surface area contributed by atoms with Crippen LogP contribution in [0.3, 0.4) is 0 Å². The van der Waals surface area contributed by atoms with Crippen molar-refractivity contribution in [3.63, 3.8) is 0 Å². The molecular formula is C15H19NS. The second-order valence-corrected chi connectivity index (χ2v) is 5.14. The average molecular weight is 245 g/mol. The van der Waals surface area contributed by atoms with Gasteiger partial charge in [-0.05, 0) is 47.8 Å². The molecule has 0 bridgehead atoms. The van der Waals surface area contributed by atoms with E-state index in [1.807, 2.05) is 0 Å². The van der Waals surface area contributed by atoms with E-state index in [0.29, 0.717) is 6.04 Å². The van der Waals surface area contributed by atoms with E-state index in [9.17, 15) is 0 Å². The van der Waals surface area contributed by atoms with Gasteiger partial charge in [-0.3, -0.25) is 0 Å². The lowest BCUT2D eigenvalue weighted by Gasteiger charge is -2.18. The lowest BCUT2D eigenvalue weighted by Crippen LogP contribution is -2.22. The summed E-state index contributed by atoms with van der Waals surface area (Å²) in [5.41, 5.74) is 4.05. The zero-order valence-corrected chi connectivity index (χ0v) is 11.3. The predicted molar refractivity (Wildman–Crippen MR) is 75.6 cm³/mol. The van der Waals surface area contributed by atoms with Gasteiger partial charge in [0.1, 0.15) is 0 Å². The molecule has 1 N–H and O–H groups in total. The number of thiophene rings is 1. The molecule has 0 aliphatic rings. The molecule has 1 aromatic heterocycles. The van der Waals surface area contributed by atoms with E-state index in [1.165, 1.54) is 16.7 Å². The number of aryl methyl sites for hydroxylation is 1. The van der Waals surface area contributed by atoms with Crippen LogP contribution in [0.1, 0.15) is 36.1 Å². The van der Waals surface area contributed by atoms with Crippen molar-refractivity contribution in [2.45, 2.75) is 26.3 Å². The van der Waals surface area contributed by atoms with E-state index in [-0.39, 0.29) is 0 Å². The second-order valence-electron chi connectivity index (χ2n) is 4.36. The second kappa shape index (κ2) is 5.99. The maximum Gasteiger partial charge on any atom is 0.0585 e. The summed E-state index contributed by atoms with van der Waals surface area (Å²) in [5, 5.41) is 8.00. The first-order valence-corrected chi connectivity index (χ1v) is 7.07. The molecule has 1 heterocycles. The third kappa shape index (κ3) is 3.18. The summed E-state index contributed by atoms with van der Waals surface area (Å²) in [6.07, 6.45) is 1.16. The first-order valence-electron chi connectivity index (χ1n) is 6.13. The van der Waals surface area contributed by atoms with Crippen molar-refractivity contribution < 1.29 is 0 Å². The van der Waals surface area contributed by atoms with E-state index in [4.69, 9.17) is 0 Å². The Morgan fingerprint density at radius 2 is 2.12 bits per heavy atom. The molecule has 0 aliphatic carbocycles. The summed E-state index contributed by atoms with van der Waals surface area (Å²) >= 11 is 1.76. The molecule has 0 radical (unpaired) electrons. The summed E-state index contributed by atoms with van der Waals surface area (Å²) in [5.74, 6) is 0. The fourth-order valence-corrected chi connectivity index (χ4v) is 2.69. The minimum atomic E-state index is 0.334. The Morgan fingerprint density at radius 1 is 1.24 bits per heavy atom. The number of hydrogen-bond donors (Lipinski definition) is 1. The third-order valence-corrected chi connectivity index (χ3v) is 3.55. The van der Waals surface area contributed by atoms with Crippen molar-refractivity contribution >= 4 is 11.3 Å². The highest BCUT2D eigenvalue weighted by Gasteiger charge is 2.13. The SMILES string of the molecule is CCCNC(c1ccsc1)c1cccc(C)c1. The minimum absolute atomic E-state index is 0.334. The third-order valence-electron chi connectivity index (χ3n) is 2.85. The minimum Gasteiger partial charge on any atom is -0.306 e. The van der Waals surface area contributed by atoms with Crippen LogP contribution in [0, 0.1) is 6.92 Å². The lowest BCUT2D eigenvalue weighted by atomic mass is 9.99. The Balaban J connectivity index is 2.27. The topological polar surface area (TPSA) is 12.0 Å². The molecular weight excluding hydrogens is 226 g/mol. The Morgan fingerprint density at radius 3 is 2.76 bits per heavy atom. The van der Waals surface area contributed by atoms with Gasteiger partial charge in [0.25, 0.3) is 0 Å². The number of hydrogen-bond acceptors (Lipinski definition) is 2. The Labute approximate surface area is 108 Å². The van der Waals surface area contributed by atoms with Crippen molar-refractivity contribution in [2.24, 2.45) is 0 Å². The van der Waals surface area contributed by atoms with Crippen LogP contribution in [0.4, 0.5) is 0 Å². The molecule has 1 aromatic carbocycles. The molecule has 2 heteroatoms. The van der Waals surface area contributed by atoms with Gasteiger partial charge in [-0.2, -0.15) is 11.3 Å². The maximum atomic E-state index is 3.62. The fourth-order valence-electron chi connectivity index (χ4n) is 2.01. The van der Waals surface area contributed by atoms with Crippen molar-refractivity contribution in [2.75, 3.05) is 6.54 Å². The molecule has 2 rings (SSSR count).